The second-order valence-corrected chi connectivity index (χ2v) is 6.63. The Morgan fingerprint density at radius 2 is 1.92 bits per heavy atom. The van der Waals surface area contributed by atoms with Crippen molar-refractivity contribution in [2.75, 3.05) is 32.7 Å². The average molecular weight is 355 g/mol. The first kappa shape index (κ1) is 18.4. The summed E-state index contributed by atoms with van der Waals surface area (Å²) < 4.78 is 5.17. The fourth-order valence-electron chi connectivity index (χ4n) is 3.45. The Labute approximate surface area is 153 Å². The van der Waals surface area contributed by atoms with Crippen LogP contribution in [-0.2, 0) is 4.79 Å². The number of carboxylic acids is 1. The van der Waals surface area contributed by atoms with Crippen LogP contribution in [0.2, 0.25) is 0 Å². The molecule has 1 fully saturated rings. The third-order valence-corrected chi connectivity index (χ3v) is 4.84. The molecule has 6 nitrogen and oxygen atoms in total. The number of carbonyl (C=O) groups is 1. The predicted octanol–water partition coefficient (Wildman–Crippen LogP) is 2.75. The summed E-state index contributed by atoms with van der Waals surface area (Å²) in [4.78, 5) is 16.2. The Balaban J connectivity index is 1.58. The van der Waals surface area contributed by atoms with Crippen LogP contribution >= 0.6 is 0 Å². The van der Waals surface area contributed by atoms with Crippen molar-refractivity contribution < 1.29 is 14.4 Å². The summed E-state index contributed by atoms with van der Waals surface area (Å²) in [5.74, 6) is -0.264. The van der Waals surface area contributed by atoms with Crippen LogP contribution in [0.4, 0.5) is 0 Å². The van der Waals surface area contributed by atoms with Crippen LogP contribution in [0.15, 0.2) is 40.9 Å². The van der Waals surface area contributed by atoms with Crippen molar-refractivity contribution in [2.24, 2.45) is 0 Å². The lowest BCUT2D eigenvalue weighted by Crippen LogP contribution is -2.49. The van der Waals surface area contributed by atoms with E-state index in [1.807, 2.05) is 23.1 Å². The van der Waals surface area contributed by atoms with Crippen molar-refractivity contribution in [3.63, 3.8) is 0 Å². The zero-order chi connectivity index (χ0) is 18.5. The van der Waals surface area contributed by atoms with Crippen molar-refractivity contribution in [1.29, 1.82) is 0 Å². The lowest BCUT2D eigenvalue weighted by molar-refractivity contribution is -0.144. The highest BCUT2D eigenvalue weighted by atomic mass is 16.5. The molecule has 138 valence electrons. The monoisotopic (exact) mass is 355 g/mol. The van der Waals surface area contributed by atoms with Crippen LogP contribution < -0.4 is 0 Å². The van der Waals surface area contributed by atoms with Crippen molar-refractivity contribution in [2.45, 2.75) is 19.9 Å². The minimum absolute atomic E-state index is 0.586. The van der Waals surface area contributed by atoms with E-state index in [4.69, 9.17) is 4.52 Å². The standard InChI is InChI=1S/C20H25N3O3/c1-15-18(16(2)26-21-15)19(20(24)25)23-13-11-22(12-14-23)10-6-9-17-7-4-3-5-8-17/h3-9,19H,10-14H2,1-2H3,(H,24,25). The van der Waals surface area contributed by atoms with Crippen LogP contribution in [0.1, 0.15) is 28.6 Å². The first-order valence-corrected chi connectivity index (χ1v) is 8.90. The van der Waals surface area contributed by atoms with Gasteiger partial charge in [-0.3, -0.25) is 14.6 Å². The number of aliphatic carboxylic acids is 1. The third-order valence-electron chi connectivity index (χ3n) is 4.84. The van der Waals surface area contributed by atoms with E-state index in [1.54, 1.807) is 13.8 Å². The summed E-state index contributed by atoms with van der Waals surface area (Å²) in [5, 5.41) is 13.7. The van der Waals surface area contributed by atoms with E-state index in [1.165, 1.54) is 5.56 Å². The molecule has 1 N–H and O–H groups in total. The van der Waals surface area contributed by atoms with Gasteiger partial charge < -0.3 is 9.63 Å². The largest absolute Gasteiger partial charge is 0.480 e. The average Bonchev–Trinajstić information content (AvgIpc) is 2.96. The number of aryl methyl sites for hydroxylation is 2. The number of aromatic nitrogens is 1. The molecule has 0 amide bonds. The first-order valence-electron chi connectivity index (χ1n) is 8.90. The van der Waals surface area contributed by atoms with Gasteiger partial charge in [0.05, 0.1) is 5.69 Å². The summed E-state index contributed by atoms with van der Waals surface area (Å²) in [6, 6.07) is 9.53. The number of piperazine rings is 1. The fraction of sp³-hybridized carbons (Fsp3) is 0.400. The van der Waals surface area contributed by atoms with Gasteiger partial charge in [-0.05, 0) is 19.4 Å². The minimum Gasteiger partial charge on any atom is -0.480 e. The minimum atomic E-state index is -0.850. The molecule has 1 atom stereocenters. The van der Waals surface area contributed by atoms with Gasteiger partial charge in [-0.15, -0.1) is 0 Å². The maximum atomic E-state index is 11.9. The molecule has 26 heavy (non-hydrogen) atoms. The Kier molecular flexibility index (Phi) is 5.85. The lowest BCUT2D eigenvalue weighted by atomic mass is 10.0. The Morgan fingerprint density at radius 3 is 2.50 bits per heavy atom. The number of nitrogens with zero attached hydrogens (tertiary/aromatic N) is 3. The summed E-state index contributed by atoms with van der Waals surface area (Å²) in [6.07, 6.45) is 4.28. The molecule has 3 rings (SSSR count). The third kappa shape index (κ3) is 4.20. The van der Waals surface area contributed by atoms with Gasteiger partial charge in [0.2, 0.25) is 0 Å². The molecule has 1 saturated heterocycles. The van der Waals surface area contributed by atoms with Crippen molar-refractivity contribution in [1.82, 2.24) is 15.0 Å². The van der Waals surface area contributed by atoms with Gasteiger partial charge in [0.25, 0.3) is 0 Å². The second-order valence-electron chi connectivity index (χ2n) is 6.63. The van der Waals surface area contributed by atoms with Gasteiger partial charge in [-0.1, -0.05) is 47.6 Å². The van der Waals surface area contributed by atoms with E-state index in [9.17, 15) is 9.90 Å². The molecule has 2 aromatic rings. The van der Waals surface area contributed by atoms with Crippen LogP contribution in [-0.4, -0.2) is 58.8 Å². The maximum Gasteiger partial charge on any atom is 0.325 e. The SMILES string of the molecule is Cc1noc(C)c1C(C(=O)O)N1CCN(CC=Cc2ccccc2)CC1. The first-order chi connectivity index (χ1) is 12.6. The quantitative estimate of drug-likeness (QED) is 0.859. The highest BCUT2D eigenvalue weighted by molar-refractivity contribution is 5.76. The highest BCUT2D eigenvalue weighted by Gasteiger charge is 2.34. The van der Waals surface area contributed by atoms with Gasteiger partial charge in [-0.2, -0.15) is 0 Å². The molecule has 0 aliphatic carbocycles. The molecule has 1 aromatic carbocycles. The van der Waals surface area contributed by atoms with Gasteiger partial charge in [-0.25, -0.2) is 0 Å². The van der Waals surface area contributed by atoms with E-state index >= 15 is 0 Å². The van der Waals surface area contributed by atoms with E-state index in [-0.39, 0.29) is 0 Å². The number of hydrogen-bond acceptors (Lipinski definition) is 5. The zero-order valence-corrected chi connectivity index (χ0v) is 15.3. The summed E-state index contributed by atoms with van der Waals surface area (Å²) in [5.41, 5.74) is 2.54. The molecular formula is C20H25N3O3. The molecule has 0 spiro atoms. The number of hydrogen-bond donors (Lipinski definition) is 1. The number of benzene rings is 1. The van der Waals surface area contributed by atoms with Gasteiger partial charge >= 0.3 is 5.97 Å². The van der Waals surface area contributed by atoms with E-state index in [0.29, 0.717) is 30.1 Å². The molecule has 0 radical (unpaired) electrons. The molecular weight excluding hydrogens is 330 g/mol. The smallest absolute Gasteiger partial charge is 0.325 e. The molecule has 2 heterocycles. The summed E-state index contributed by atoms with van der Waals surface area (Å²) in [6.45, 7) is 7.53. The molecule has 0 bridgehead atoms. The van der Waals surface area contributed by atoms with Crippen molar-refractivity contribution in [3.05, 3.63) is 59.0 Å². The molecule has 1 aliphatic rings. The van der Waals surface area contributed by atoms with E-state index in [0.717, 1.165) is 19.6 Å². The van der Waals surface area contributed by atoms with Gasteiger partial charge in [0, 0.05) is 38.3 Å². The van der Waals surface area contributed by atoms with Gasteiger partial charge in [0.1, 0.15) is 11.8 Å². The predicted molar refractivity (Wildman–Crippen MR) is 99.8 cm³/mol. The molecule has 1 unspecified atom stereocenters. The van der Waals surface area contributed by atoms with Crippen molar-refractivity contribution >= 4 is 12.0 Å². The van der Waals surface area contributed by atoms with Crippen LogP contribution in [0.25, 0.3) is 6.08 Å². The molecule has 1 aliphatic heterocycles. The van der Waals surface area contributed by atoms with E-state index in [2.05, 4.69) is 34.3 Å². The zero-order valence-electron chi connectivity index (χ0n) is 15.3. The van der Waals surface area contributed by atoms with Gasteiger partial charge in [0.15, 0.2) is 0 Å². The molecule has 6 heteroatoms. The van der Waals surface area contributed by atoms with Crippen LogP contribution in [0, 0.1) is 13.8 Å². The highest BCUT2D eigenvalue weighted by Crippen LogP contribution is 2.28. The van der Waals surface area contributed by atoms with Crippen LogP contribution in [0.5, 0.6) is 0 Å². The number of rotatable bonds is 6. The van der Waals surface area contributed by atoms with Crippen molar-refractivity contribution in [3.8, 4) is 0 Å². The Morgan fingerprint density at radius 1 is 1.23 bits per heavy atom. The summed E-state index contributed by atoms with van der Waals surface area (Å²) >= 11 is 0. The molecule has 1 aromatic heterocycles. The Bertz CT molecular complexity index is 742. The van der Waals surface area contributed by atoms with E-state index < -0.39 is 12.0 Å². The molecule has 0 saturated carbocycles. The normalized spacial score (nSPS) is 17.6. The number of carboxylic acid groups (broad SMARTS) is 1. The summed E-state index contributed by atoms with van der Waals surface area (Å²) in [7, 11) is 0. The Hall–Kier alpha value is -2.44. The fourth-order valence-corrected chi connectivity index (χ4v) is 3.45. The maximum absolute atomic E-state index is 11.9. The topological polar surface area (TPSA) is 69.8 Å². The van der Waals surface area contributed by atoms with Crippen LogP contribution in [0.3, 0.4) is 0 Å². The second kappa shape index (κ2) is 8.29. The lowest BCUT2D eigenvalue weighted by Gasteiger charge is -2.37.